The van der Waals surface area contributed by atoms with E-state index in [1.165, 1.54) is 0 Å². The first kappa shape index (κ1) is 9.66. The minimum Gasteiger partial charge on any atom is -0.376 e. The molecule has 0 aromatic carbocycles. The fourth-order valence-electron chi connectivity index (χ4n) is 0.682. The lowest BCUT2D eigenvalue weighted by molar-refractivity contribution is 0.108. The molecule has 0 radical (unpaired) electrons. The van der Waals surface area contributed by atoms with Gasteiger partial charge in [0, 0.05) is 13.7 Å². The van der Waals surface area contributed by atoms with E-state index in [1.807, 2.05) is 6.08 Å². The molecule has 0 aliphatic rings. The number of hydrogen-bond acceptors (Lipinski definition) is 2. The van der Waals surface area contributed by atoms with E-state index in [-0.39, 0.29) is 6.10 Å². The SMILES string of the molecule is C=C[C@H](CN(C)CC)OC. The van der Waals surface area contributed by atoms with Crippen molar-refractivity contribution >= 4 is 0 Å². The molecule has 1 atom stereocenters. The fourth-order valence-corrected chi connectivity index (χ4v) is 0.682. The molecule has 2 heteroatoms. The van der Waals surface area contributed by atoms with Crippen molar-refractivity contribution in [3.05, 3.63) is 12.7 Å². The average Bonchev–Trinajstić information content (AvgIpc) is 1.99. The first-order valence-corrected chi connectivity index (χ1v) is 3.58. The third-order valence-electron chi connectivity index (χ3n) is 1.60. The van der Waals surface area contributed by atoms with Crippen LogP contribution < -0.4 is 0 Å². The van der Waals surface area contributed by atoms with Crippen LogP contribution in [0.15, 0.2) is 12.7 Å². The third-order valence-corrected chi connectivity index (χ3v) is 1.60. The van der Waals surface area contributed by atoms with Gasteiger partial charge in [0.05, 0.1) is 6.10 Å². The Morgan fingerprint density at radius 3 is 2.60 bits per heavy atom. The molecule has 0 saturated heterocycles. The molecule has 0 spiro atoms. The summed E-state index contributed by atoms with van der Waals surface area (Å²) in [5.74, 6) is 0. The van der Waals surface area contributed by atoms with Gasteiger partial charge in [-0.25, -0.2) is 0 Å². The number of methoxy groups -OCH3 is 1. The van der Waals surface area contributed by atoms with Crippen molar-refractivity contribution in [2.75, 3.05) is 27.2 Å². The molecule has 0 unspecified atom stereocenters. The highest BCUT2D eigenvalue weighted by atomic mass is 16.5. The highest BCUT2D eigenvalue weighted by Crippen LogP contribution is 1.93. The van der Waals surface area contributed by atoms with Crippen molar-refractivity contribution in [2.45, 2.75) is 13.0 Å². The zero-order chi connectivity index (χ0) is 7.98. The van der Waals surface area contributed by atoms with Gasteiger partial charge in [-0.2, -0.15) is 0 Å². The van der Waals surface area contributed by atoms with Gasteiger partial charge in [-0.15, -0.1) is 6.58 Å². The van der Waals surface area contributed by atoms with Crippen molar-refractivity contribution in [3.63, 3.8) is 0 Å². The molecule has 0 amide bonds. The molecule has 0 N–H and O–H groups in total. The maximum Gasteiger partial charge on any atom is 0.0876 e. The van der Waals surface area contributed by atoms with Gasteiger partial charge in [0.2, 0.25) is 0 Å². The van der Waals surface area contributed by atoms with E-state index in [0.717, 1.165) is 13.1 Å². The topological polar surface area (TPSA) is 12.5 Å². The number of likely N-dealkylation sites (N-methyl/N-ethyl adjacent to an activating group) is 1. The smallest absolute Gasteiger partial charge is 0.0876 e. The van der Waals surface area contributed by atoms with Crippen LogP contribution in [0.5, 0.6) is 0 Å². The minimum absolute atomic E-state index is 0.171. The lowest BCUT2D eigenvalue weighted by Crippen LogP contribution is -2.28. The molecule has 0 saturated carbocycles. The molecule has 0 aliphatic carbocycles. The van der Waals surface area contributed by atoms with E-state index in [0.29, 0.717) is 0 Å². The molecule has 0 heterocycles. The van der Waals surface area contributed by atoms with Crippen LogP contribution in [0.4, 0.5) is 0 Å². The lowest BCUT2D eigenvalue weighted by Gasteiger charge is -2.18. The van der Waals surface area contributed by atoms with Gasteiger partial charge in [-0.05, 0) is 13.6 Å². The molecule has 0 aromatic rings. The van der Waals surface area contributed by atoms with Crippen LogP contribution >= 0.6 is 0 Å². The summed E-state index contributed by atoms with van der Waals surface area (Å²) in [6, 6.07) is 0. The quantitative estimate of drug-likeness (QED) is 0.535. The van der Waals surface area contributed by atoms with Crippen molar-refractivity contribution in [2.24, 2.45) is 0 Å². The third kappa shape index (κ3) is 3.64. The Kier molecular flexibility index (Phi) is 5.26. The highest BCUT2D eigenvalue weighted by Gasteiger charge is 2.03. The predicted octanol–water partition coefficient (Wildman–Crippen LogP) is 1.14. The Morgan fingerprint density at radius 1 is 1.70 bits per heavy atom. The Bertz CT molecular complexity index is 93.3. The molecule has 60 valence electrons. The van der Waals surface area contributed by atoms with E-state index in [4.69, 9.17) is 4.74 Å². The monoisotopic (exact) mass is 143 g/mol. The van der Waals surface area contributed by atoms with Gasteiger partial charge in [-0.3, -0.25) is 0 Å². The van der Waals surface area contributed by atoms with Gasteiger partial charge in [0.15, 0.2) is 0 Å². The first-order chi connectivity index (χ1) is 4.74. The van der Waals surface area contributed by atoms with Gasteiger partial charge in [0.1, 0.15) is 0 Å². The molecule has 0 fully saturated rings. The van der Waals surface area contributed by atoms with Crippen molar-refractivity contribution in [1.29, 1.82) is 0 Å². The molecule has 0 bridgehead atoms. The predicted molar refractivity (Wildman–Crippen MR) is 44.2 cm³/mol. The van der Waals surface area contributed by atoms with Crippen LogP contribution in [0, 0.1) is 0 Å². The lowest BCUT2D eigenvalue weighted by atomic mass is 10.3. The maximum absolute atomic E-state index is 5.11. The number of rotatable bonds is 5. The van der Waals surface area contributed by atoms with Gasteiger partial charge in [0.25, 0.3) is 0 Å². The van der Waals surface area contributed by atoms with E-state index in [1.54, 1.807) is 7.11 Å². The van der Waals surface area contributed by atoms with Crippen LogP contribution in [0.3, 0.4) is 0 Å². The summed E-state index contributed by atoms with van der Waals surface area (Å²) in [4.78, 5) is 2.19. The molecule has 0 aromatic heterocycles. The van der Waals surface area contributed by atoms with Crippen molar-refractivity contribution in [3.8, 4) is 0 Å². The van der Waals surface area contributed by atoms with Crippen LogP contribution in [-0.2, 0) is 4.74 Å². The van der Waals surface area contributed by atoms with E-state index in [2.05, 4.69) is 25.5 Å². The van der Waals surface area contributed by atoms with E-state index in [9.17, 15) is 0 Å². The van der Waals surface area contributed by atoms with Crippen LogP contribution in [0.25, 0.3) is 0 Å². The second-order valence-electron chi connectivity index (χ2n) is 2.36. The maximum atomic E-state index is 5.11. The Hall–Kier alpha value is -0.340. The van der Waals surface area contributed by atoms with E-state index >= 15 is 0 Å². The highest BCUT2D eigenvalue weighted by molar-refractivity contribution is 4.81. The van der Waals surface area contributed by atoms with Crippen LogP contribution in [-0.4, -0.2) is 38.3 Å². The molecule has 10 heavy (non-hydrogen) atoms. The molecule has 0 rings (SSSR count). The summed E-state index contributed by atoms with van der Waals surface area (Å²) in [5, 5.41) is 0. The number of nitrogens with zero attached hydrogens (tertiary/aromatic N) is 1. The largest absolute Gasteiger partial charge is 0.376 e. The summed E-state index contributed by atoms with van der Waals surface area (Å²) in [7, 11) is 3.77. The second kappa shape index (κ2) is 5.45. The van der Waals surface area contributed by atoms with Gasteiger partial charge < -0.3 is 9.64 Å². The van der Waals surface area contributed by atoms with Gasteiger partial charge in [-0.1, -0.05) is 13.0 Å². The summed E-state index contributed by atoms with van der Waals surface area (Å²) in [5.41, 5.74) is 0. The van der Waals surface area contributed by atoms with Crippen LogP contribution in [0.2, 0.25) is 0 Å². The van der Waals surface area contributed by atoms with Gasteiger partial charge >= 0.3 is 0 Å². The Morgan fingerprint density at radius 2 is 2.30 bits per heavy atom. The summed E-state index contributed by atoms with van der Waals surface area (Å²) in [6.07, 6.45) is 2.00. The zero-order valence-electron chi connectivity index (χ0n) is 7.13. The normalized spacial score (nSPS) is 13.6. The fraction of sp³-hybridized carbons (Fsp3) is 0.750. The molecular formula is C8H17NO. The van der Waals surface area contributed by atoms with Crippen LogP contribution in [0.1, 0.15) is 6.92 Å². The first-order valence-electron chi connectivity index (χ1n) is 3.58. The van der Waals surface area contributed by atoms with E-state index < -0.39 is 0 Å². The standard InChI is InChI=1S/C8H17NO/c1-5-8(10-4)7-9(3)6-2/h5,8H,1,6-7H2,2-4H3/t8-/m1/s1. The van der Waals surface area contributed by atoms with Crippen molar-refractivity contribution < 1.29 is 4.74 Å². The molecule has 0 aliphatic heterocycles. The van der Waals surface area contributed by atoms with Crippen molar-refractivity contribution in [1.82, 2.24) is 4.90 Å². The summed E-state index contributed by atoms with van der Waals surface area (Å²) < 4.78 is 5.11. The number of ether oxygens (including phenoxy) is 1. The second-order valence-corrected chi connectivity index (χ2v) is 2.36. The average molecular weight is 143 g/mol. The molecular weight excluding hydrogens is 126 g/mol. The minimum atomic E-state index is 0.171. The zero-order valence-corrected chi connectivity index (χ0v) is 7.13. The number of hydrogen-bond donors (Lipinski definition) is 0. The Labute approximate surface area is 63.5 Å². The molecule has 2 nitrogen and oxygen atoms in total. The Balaban J connectivity index is 3.51. The summed E-state index contributed by atoms with van der Waals surface area (Å²) in [6.45, 7) is 7.76. The summed E-state index contributed by atoms with van der Waals surface area (Å²) >= 11 is 0.